The fourth-order valence-corrected chi connectivity index (χ4v) is 4.48. The standard InChI is InChI=1S/C24H24F4N4O4S/c1-14-15(7-5-8-17(14)25)21-16(24(26,27)28)11-12-18(29-21)31-37(35,36)20-10-6-9-19(30-20)32(4)13-23(2,3)22(33)34/h5-12H,13H2,1-4H3,(H,29,31)(H,33,34). The molecular formula is C24H24F4N4O4S. The third-order valence-corrected chi connectivity index (χ3v) is 6.80. The van der Waals surface area contributed by atoms with Gasteiger partial charge in [0.15, 0.2) is 5.03 Å². The van der Waals surface area contributed by atoms with Gasteiger partial charge in [0, 0.05) is 19.2 Å². The number of aromatic nitrogens is 2. The third kappa shape index (κ3) is 6.16. The number of carbonyl (C=O) groups is 1. The van der Waals surface area contributed by atoms with Crippen LogP contribution >= 0.6 is 0 Å². The molecule has 0 fully saturated rings. The molecule has 0 spiro atoms. The van der Waals surface area contributed by atoms with Gasteiger partial charge >= 0.3 is 12.1 Å². The number of alkyl halides is 3. The van der Waals surface area contributed by atoms with Gasteiger partial charge in [-0.15, -0.1) is 0 Å². The van der Waals surface area contributed by atoms with E-state index in [4.69, 9.17) is 0 Å². The van der Waals surface area contributed by atoms with E-state index in [9.17, 15) is 35.9 Å². The molecule has 0 unspecified atom stereocenters. The predicted molar refractivity (Wildman–Crippen MR) is 129 cm³/mol. The molecule has 0 saturated carbocycles. The highest BCUT2D eigenvalue weighted by Gasteiger charge is 2.35. The summed E-state index contributed by atoms with van der Waals surface area (Å²) in [7, 11) is -2.87. The molecule has 0 bridgehead atoms. The van der Waals surface area contributed by atoms with Crippen LogP contribution in [0, 0.1) is 18.2 Å². The third-order valence-electron chi connectivity index (χ3n) is 5.55. The molecule has 0 radical (unpaired) electrons. The minimum Gasteiger partial charge on any atom is -0.481 e. The minimum atomic E-state index is -4.83. The first kappa shape index (κ1) is 27.8. The number of halogens is 4. The number of nitrogens with zero attached hydrogens (tertiary/aromatic N) is 3. The molecule has 0 amide bonds. The van der Waals surface area contributed by atoms with E-state index in [1.807, 2.05) is 0 Å². The van der Waals surface area contributed by atoms with Crippen molar-refractivity contribution in [2.45, 2.75) is 32.0 Å². The number of rotatable bonds is 8. The van der Waals surface area contributed by atoms with Crippen molar-refractivity contribution in [2.75, 3.05) is 23.2 Å². The second-order valence-electron chi connectivity index (χ2n) is 8.99. The highest BCUT2D eigenvalue weighted by atomic mass is 32.2. The first-order valence-electron chi connectivity index (χ1n) is 10.8. The maximum atomic E-state index is 14.1. The average Bonchev–Trinajstić information content (AvgIpc) is 2.79. The number of carboxylic acid groups (broad SMARTS) is 1. The Morgan fingerprint density at radius 3 is 2.32 bits per heavy atom. The fourth-order valence-electron chi connectivity index (χ4n) is 3.51. The van der Waals surface area contributed by atoms with Crippen LogP contribution in [0.5, 0.6) is 0 Å². The summed E-state index contributed by atoms with van der Waals surface area (Å²) in [6.45, 7) is 4.31. The lowest BCUT2D eigenvalue weighted by molar-refractivity contribution is -0.146. The van der Waals surface area contributed by atoms with Crippen LogP contribution in [0.25, 0.3) is 11.3 Å². The molecule has 13 heteroatoms. The van der Waals surface area contributed by atoms with Crippen molar-refractivity contribution < 1.29 is 35.9 Å². The topological polar surface area (TPSA) is 112 Å². The van der Waals surface area contributed by atoms with Gasteiger partial charge in [-0.3, -0.25) is 9.52 Å². The van der Waals surface area contributed by atoms with E-state index in [1.54, 1.807) is 7.05 Å². The molecule has 198 valence electrons. The number of hydrogen-bond acceptors (Lipinski definition) is 6. The number of carboxylic acids is 1. The van der Waals surface area contributed by atoms with E-state index in [0.717, 1.165) is 12.1 Å². The molecule has 1 aromatic carbocycles. The lowest BCUT2D eigenvalue weighted by Crippen LogP contribution is -2.37. The molecule has 0 aliphatic heterocycles. The average molecular weight is 541 g/mol. The normalized spacial score (nSPS) is 12.3. The van der Waals surface area contributed by atoms with Gasteiger partial charge in [0.1, 0.15) is 17.5 Å². The molecule has 8 nitrogen and oxygen atoms in total. The second-order valence-corrected chi connectivity index (χ2v) is 10.6. The van der Waals surface area contributed by atoms with Crippen LogP contribution in [0.4, 0.5) is 29.2 Å². The Hall–Kier alpha value is -3.74. The molecule has 2 aromatic heterocycles. The molecule has 2 heterocycles. The summed E-state index contributed by atoms with van der Waals surface area (Å²) in [5.41, 5.74) is -3.17. The summed E-state index contributed by atoms with van der Waals surface area (Å²) in [6, 6.07) is 9.14. The largest absolute Gasteiger partial charge is 0.481 e. The number of benzene rings is 1. The van der Waals surface area contributed by atoms with Gasteiger partial charge in [-0.1, -0.05) is 18.2 Å². The first-order chi connectivity index (χ1) is 17.0. The van der Waals surface area contributed by atoms with Crippen LogP contribution in [-0.4, -0.2) is 43.1 Å². The Labute approximate surface area is 211 Å². The van der Waals surface area contributed by atoms with Gasteiger partial charge in [0.2, 0.25) is 0 Å². The van der Waals surface area contributed by atoms with Crippen molar-refractivity contribution in [3.8, 4) is 11.3 Å². The maximum absolute atomic E-state index is 14.1. The van der Waals surface area contributed by atoms with Gasteiger partial charge in [0.25, 0.3) is 10.0 Å². The van der Waals surface area contributed by atoms with E-state index >= 15 is 0 Å². The summed E-state index contributed by atoms with van der Waals surface area (Å²) in [5.74, 6) is -2.06. The minimum absolute atomic E-state index is 0.0169. The predicted octanol–water partition coefficient (Wildman–Crippen LogP) is 4.96. The monoisotopic (exact) mass is 540 g/mol. The van der Waals surface area contributed by atoms with Crippen LogP contribution in [0.3, 0.4) is 0 Å². The van der Waals surface area contributed by atoms with Gasteiger partial charge in [-0.05, 0) is 56.7 Å². The zero-order valence-corrected chi connectivity index (χ0v) is 21.1. The molecule has 0 aliphatic rings. The Kier molecular flexibility index (Phi) is 7.49. The van der Waals surface area contributed by atoms with Gasteiger partial charge in [-0.25, -0.2) is 14.4 Å². The summed E-state index contributed by atoms with van der Waals surface area (Å²) in [6.07, 6.45) is -4.83. The Balaban J connectivity index is 1.99. The van der Waals surface area contributed by atoms with Crippen LogP contribution in [0.15, 0.2) is 53.6 Å². The van der Waals surface area contributed by atoms with Crippen molar-refractivity contribution in [3.63, 3.8) is 0 Å². The SMILES string of the molecule is Cc1c(F)cccc1-c1nc(NS(=O)(=O)c2cccc(N(C)CC(C)(C)C(=O)O)n2)ccc1C(F)(F)F. The molecule has 2 N–H and O–H groups in total. The van der Waals surface area contributed by atoms with E-state index in [0.29, 0.717) is 6.07 Å². The number of sulfonamides is 1. The Morgan fingerprint density at radius 2 is 1.70 bits per heavy atom. The van der Waals surface area contributed by atoms with Crippen LogP contribution < -0.4 is 9.62 Å². The summed E-state index contributed by atoms with van der Waals surface area (Å²) in [5, 5.41) is 8.88. The lowest BCUT2D eigenvalue weighted by Gasteiger charge is -2.27. The van der Waals surface area contributed by atoms with Gasteiger partial charge < -0.3 is 10.0 Å². The molecule has 3 rings (SSSR count). The number of pyridine rings is 2. The summed E-state index contributed by atoms with van der Waals surface area (Å²) in [4.78, 5) is 20.8. The molecule has 0 aliphatic carbocycles. The first-order valence-corrected chi connectivity index (χ1v) is 12.3. The van der Waals surface area contributed by atoms with E-state index < -0.39 is 55.5 Å². The molecule has 37 heavy (non-hydrogen) atoms. The molecule has 0 saturated heterocycles. The van der Waals surface area contributed by atoms with Crippen LogP contribution in [0.1, 0.15) is 25.0 Å². The van der Waals surface area contributed by atoms with Crippen molar-refractivity contribution in [1.82, 2.24) is 9.97 Å². The second kappa shape index (κ2) is 9.96. The molecule has 0 atom stereocenters. The van der Waals surface area contributed by atoms with Crippen molar-refractivity contribution in [3.05, 3.63) is 65.5 Å². The smallest absolute Gasteiger partial charge is 0.418 e. The van der Waals surface area contributed by atoms with Crippen molar-refractivity contribution in [1.29, 1.82) is 0 Å². The van der Waals surface area contributed by atoms with Crippen LogP contribution in [0.2, 0.25) is 0 Å². The molecule has 3 aromatic rings. The van der Waals surface area contributed by atoms with E-state index in [2.05, 4.69) is 14.7 Å². The number of nitrogens with one attached hydrogen (secondary N) is 1. The number of anilines is 2. The Bertz CT molecular complexity index is 1440. The van der Waals surface area contributed by atoms with Gasteiger partial charge in [0.05, 0.1) is 16.7 Å². The zero-order chi connectivity index (χ0) is 27.8. The van der Waals surface area contributed by atoms with Gasteiger partial charge in [-0.2, -0.15) is 21.6 Å². The highest BCUT2D eigenvalue weighted by molar-refractivity contribution is 7.92. The fraction of sp³-hybridized carbons (Fsp3) is 0.292. The summed E-state index contributed by atoms with van der Waals surface area (Å²) < 4.78 is 83.2. The quantitative estimate of drug-likeness (QED) is 0.389. The molecular weight excluding hydrogens is 516 g/mol. The van der Waals surface area contributed by atoms with E-state index in [1.165, 1.54) is 56.0 Å². The van der Waals surface area contributed by atoms with E-state index in [-0.39, 0.29) is 23.5 Å². The number of hydrogen-bond donors (Lipinski definition) is 2. The highest BCUT2D eigenvalue weighted by Crippen LogP contribution is 2.38. The summed E-state index contributed by atoms with van der Waals surface area (Å²) >= 11 is 0. The van der Waals surface area contributed by atoms with Crippen molar-refractivity contribution in [2.24, 2.45) is 5.41 Å². The Morgan fingerprint density at radius 1 is 1.05 bits per heavy atom. The lowest BCUT2D eigenvalue weighted by atomic mass is 9.93. The van der Waals surface area contributed by atoms with Crippen LogP contribution in [-0.2, 0) is 21.0 Å². The van der Waals surface area contributed by atoms with Crippen molar-refractivity contribution >= 4 is 27.6 Å². The number of aliphatic carboxylic acids is 1. The maximum Gasteiger partial charge on any atom is 0.418 e. The zero-order valence-electron chi connectivity index (χ0n) is 20.3.